The number of hydrogen-bond acceptors (Lipinski definition) is 3. The van der Waals surface area contributed by atoms with Crippen molar-refractivity contribution >= 4 is 28.2 Å². The van der Waals surface area contributed by atoms with Crippen LogP contribution in [0.25, 0.3) is 10.9 Å². The summed E-state index contributed by atoms with van der Waals surface area (Å²) < 4.78 is 0. The van der Waals surface area contributed by atoms with Crippen molar-refractivity contribution in [1.82, 2.24) is 9.88 Å². The van der Waals surface area contributed by atoms with Gasteiger partial charge in [0, 0.05) is 44.3 Å². The molecule has 0 saturated carbocycles. The molecule has 0 radical (unpaired) electrons. The summed E-state index contributed by atoms with van der Waals surface area (Å²) in [6, 6.07) is 23.3. The predicted octanol–water partition coefficient (Wildman–Crippen LogP) is 7.62. The normalized spacial score (nSPS) is 12.8. The molecule has 1 aromatic heterocycles. The lowest BCUT2D eigenvalue weighted by Gasteiger charge is -2.30. The molecule has 0 bridgehead atoms. The van der Waals surface area contributed by atoms with Crippen molar-refractivity contribution in [3.8, 4) is 0 Å². The molecule has 1 heterocycles. The van der Waals surface area contributed by atoms with E-state index in [0.717, 1.165) is 32.7 Å². The van der Waals surface area contributed by atoms with Gasteiger partial charge in [-0.15, -0.1) is 0 Å². The fourth-order valence-corrected chi connectivity index (χ4v) is 5.10. The standard InChI is InChI=1S/C32H38ClN3O/c1-21-8-14-29-25(16-21)17-26(31(37)34-29)20-36(19-23-9-12-27(13-10-23)32(3,4)5)22(2)24-11-15-30(35(6)7)28(33)18-24/h8-18,22H,19-20H2,1-7H3,(H,34,37). The summed E-state index contributed by atoms with van der Waals surface area (Å²) in [6.45, 7) is 12.2. The van der Waals surface area contributed by atoms with Crippen molar-refractivity contribution in [1.29, 1.82) is 0 Å². The molecule has 1 N–H and O–H groups in total. The Labute approximate surface area is 225 Å². The lowest BCUT2D eigenvalue weighted by Crippen LogP contribution is -2.29. The predicted molar refractivity (Wildman–Crippen MR) is 158 cm³/mol. The van der Waals surface area contributed by atoms with Gasteiger partial charge in [0.2, 0.25) is 0 Å². The summed E-state index contributed by atoms with van der Waals surface area (Å²) in [5.74, 6) is 0. The Bertz CT molecular complexity index is 1450. The molecule has 4 aromatic rings. The fraction of sp³-hybridized carbons (Fsp3) is 0.344. The van der Waals surface area contributed by atoms with E-state index in [2.05, 4.69) is 87.0 Å². The number of anilines is 1. The third-order valence-corrected chi connectivity index (χ3v) is 7.44. The van der Waals surface area contributed by atoms with Gasteiger partial charge in [-0.05, 0) is 71.7 Å². The van der Waals surface area contributed by atoms with Crippen LogP contribution in [0.15, 0.2) is 71.5 Å². The smallest absolute Gasteiger partial charge is 0.252 e. The third-order valence-electron chi connectivity index (χ3n) is 7.14. The highest BCUT2D eigenvalue weighted by molar-refractivity contribution is 6.33. The molecule has 37 heavy (non-hydrogen) atoms. The lowest BCUT2D eigenvalue weighted by molar-refractivity contribution is 0.191. The average molecular weight is 516 g/mol. The Morgan fingerprint density at radius 2 is 1.62 bits per heavy atom. The zero-order chi connectivity index (χ0) is 26.9. The van der Waals surface area contributed by atoms with Gasteiger partial charge in [0.15, 0.2) is 0 Å². The Hall–Kier alpha value is -3.08. The third kappa shape index (κ3) is 6.26. The van der Waals surface area contributed by atoms with E-state index in [0.29, 0.717) is 13.1 Å². The molecule has 4 rings (SSSR count). The van der Waals surface area contributed by atoms with E-state index >= 15 is 0 Å². The second-order valence-electron chi connectivity index (χ2n) is 11.3. The minimum absolute atomic E-state index is 0.0439. The molecule has 0 fully saturated rings. The Morgan fingerprint density at radius 1 is 0.919 bits per heavy atom. The van der Waals surface area contributed by atoms with Crippen LogP contribution in [-0.4, -0.2) is 24.0 Å². The van der Waals surface area contributed by atoms with Crippen LogP contribution in [0, 0.1) is 6.92 Å². The van der Waals surface area contributed by atoms with Crippen LogP contribution in [0.2, 0.25) is 5.02 Å². The van der Waals surface area contributed by atoms with Crippen LogP contribution < -0.4 is 10.5 Å². The number of rotatable bonds is 7. The monoisotopic (exact) mass is 515 g/mol. The number of H-pyrrole nitrogens is 1. The molecule has 0 aliphatic carbocycles. The molecule has 194 valence electrons. The van der Waals surface area contributed by atoms with Crippen LogP contribution in [0.5, 0.6) is 0 Å². The number of nitrogens with zero attached hydrogens (tertiary/aromatic N) is 2. The van der Waals surface area contributed by atoms with E-state index in [1.54, 1.807) is 0 Å². The number of halogens is 1. The maximum atomic E-state index is 13.1. The Kier molecular flexibility index (Phi) is 7.82. The number of hydrogen-bond donors (Lipinski definition) is 1. The van der Waals surface area contributed by atoms with Crippen molar-refractivity contribution in [3.05, 3.63) is 110 Å². The number of aromatic amines is 1. The van der Waals surface area contributed by atoms with Crippen LogP contribution >= 0.6 is 11.6 Å². The molecule has 0 spiro atoms. The van der Waals surface area contributed by atoms with E-state index in [-0.39, 0.29) is 17.0 Å². The molecule has 0 amide bonds. The largest absolute Gasteiger partial charge is 0.376 e. The van der Waals surface area contributed by atoms with Gasteiger partial charge in [-0.25, -0.2) is 0 Å². The zero-order valence-electron chi connectivity index (χ0n) is 23.0. The van der Waals surface area contributed by atoms with Crippen molar-refractivity contribution < 1.29 is 0 Å². The SMILES string of the molecule is Cc1ccc2[nH]c(=O)c(CN(Cc3ccc(C(C)(C)C)cc3)C(C)c3ccc(N(C)C)c(Cl)c3)cc2c1. The quantitative estimate of drug-likeness (QED) is 0.275. The topological polar surface area (TPSA) is 39.3 Å². The van der Waals surface area contributed by atoms with Gasteiger partial charge in [-0.2, -0.15) is 0 Å². The Morgan fingerprint density at radius 3 is 2.24 bits per heavy atom. The maximum Gasteiger partial charge on any atom is 0.252 e. The average Bonchev–Trinajstić information content (AvgIpc) is 2.83. The molecule has 4 nitrogen and oxygen atoms in total. The summed E-state index contributed by atoms with van der Waals surface area (Å²) in [5.41, 5.74) is 7.48. The van der Waals surface area contributed by atoms with Crippen molar-refractivity contribution in [3.63, 3.8) is 0 Å². The second kappa shape index (κ2) is 10.7. The van der Waals surface area contributed by atoms with Gasteiger partial charge in [0.05, 0.1) is 10.7 Å². The molecule has 0 aliphatic rings. The molecule has 5 heteroatoms. The zero-order valence-corrected chi connectivity index (χ0v) is 23.8. The number of fused-ring (bicyclic) bond motifs is 1. The summed E-state index contributed by atoms with van der Waals surface area (Å²) >= 11 is 6.64. The maximum absolute atomic E-state index is 13.1. The van der Waals surface area contributed by atoms with Crippen molar-refractivity contribution in [2.24, 2.45) is 0 Å². The molecule has 0 saturated heterocycles. The number of aryl methyl sites for hydroxylation is 1. The molecular formula is C32H38ClN3O. The van der Waals surface area contributed by atoms with E-state index in [9.17, 15) is 4.79 Å². The second-order valence-corrected chi connectivity index (χ2v) is 11.8. The van der Waals surface area contributed by atoms with Crippen LogP contribution in [-0.2, 0) is 18.5 Å². The van der Waals surface area contributed by atoms with E-state index in [1.807, 2.05) is 43.3 Å². The minimum atomic E-state index is -0.0439. The highest BCUT2D eigenvalue weighted by atomic mass is 35.5. The van der Waals surface area contributed by atoms with E-state index < -0.39 is 0 Å². The van der Waals surface area contributed by atoms with Crippen molar-refractivity contribution in [2.45, 2.75) is 59.2 Å². The lowest BCUT2D eigenvalue weighted by atomic mass is 9.86. The summed E-state index contributed by atoms with van der Waals surface area (Å²) in [4.78, 5) is 20.5. The number of aromatic nitrogens is 1. The van der Waals surface area contributed by atoms with Gasteiger partial charge in [-0.1, -0.05) is 74.3 Å². The van der Waals surface area contributed by atoms with Gasteiger partial charge < -0.3 is 9.88 Å². The van der Waals surface area contributed by atoms with Gasteiger partial charge >= 0.3 is 0 Å². The van der Waals surface area contributed by atoms with Crippen LogP contribution in [0.4, 0.5) is 5.69 Å². The summed E-state index contributed by atoms with van der Waals surface area (Å²) in [7, 11) is 3.98. The van der Waals surface area contributed by atoms with Crippen LogP contribution in [0.3, 0.4) is 0 Å². The molecule has 3 aromatic carbocycles. The number of nitrogens with one attached hydrogen (secondary N) is 1. The van der Waals surface area contributed by atoms with Crippen LogP contribution in [0.1, 0.15) is 61.6 Å². The molecule has 1 atom stereocenters. The number of benzene rings is 3. The highest BCUT2D eigenvalue weighted by Crippen LogP contribution is 2.32. The molecule has 0 aliphatic heterocycles. The highest BCUT2D eigenvalue weighted by Gasteiger charge is 2.21. The van der Waals surface area contributed by atoms with Gasteiger partial charge in [-0.3, -0.25) is 9.69 Å². The first-order chi connectivity index (χ1) is 17.4. The van der Waals surface area contributed by atoms with E-state index in [1.165, 1.54) is 16.7 Å². The fourth-order valence-electron chi connectivity index (χ4n) is 4.74. The van der Waals surface area contributed by atoms with E-state index in [4.69, 9.17) is 11.6 Å². The van der Waals surface area contributed by atoms with Gasteiger partial charge in [0.1, 0.15) is 0 Å². The minimum Gasteiger partial charge on any atom is -0.376 e. The molecular weight excluding hydrogens is 478 g/mol. The first-order valence-corrected chi connectivity index (χ1v) is 13.2. The Balaban J connectivity index is 1.71. The van der Waals surface area contributed by atoms with Crippen molar-refractivity contribution in [2.75, 3.05) is 19.0 Å². The van der Waals surface area contributed by atoms with Gasteiger partial charge in [0.25, 0.3) is 5.56 Å². The number of pyridine rings is 1. The molecule has 1 unspecified atom stereocenters. The first-order valence-electron chi connectivity index (χ1n) is 12.8. The summed E-state index contributed by atoms with van der Waals surface area (Å²) in [6.07, 6.45) is 0. The summed E-state index contributed by atoms with van der Waals surface area (Å²) in [5, 5.41) is 1.78. The first kappa shape index (κ1) is 27.0.